The number of anilines is 1. The van der Waals surface area contributed by atoms with Gasteiger partial charge in [-0.05, 0) is 50.1 Å². The number of carbonyl (C=O) groups excluding carboxylic acids is 1. The fourth-order valence-corrected chi connectivity index (χ4v) is 3.14. The van der Waals surface area contributed by atoms with E-state index < -0.39 is 0 Å². The van der Waals surface area contributed by atoms with Gasteiger partial charge in [0, 0.05) is 42.1 Å². The number of hydrogen-bond donors (Lipinski definition) is 2. The number of nitrogens with zero attached hydrogens (tertiary/aromatic N) is 4. The van der Waals surface area contributed by atoms with Crippen LogP contribution in [0.2, 0.25) is 0 Å². The quantitative estimate of drug-likeness (QED) is 0.304. The molecule has 2 heterocycles. The third kappa shape index (κ3) is 6.49. The zero-order chi connectivity index (χ0) is 21.8. The summed E-state index contributed by atoms with van der Waals surface area (Å²) in [7, 11) is 1.81. The first kappa shape index (κ1) is 24.6. The van der Waals surface area contributed by atoms with Crippen LogP contribution >= 0.6 is 0 Å². The number of amides is 1. The monoisotopic (exact) mass is 457 g/mol. The van der Waals surface area contributed by atoms with E-state index in [1.807, 2.05) is 6.07 Å². The fourth-order valence-electron chi connectivity index (χ4n) is 3.14. The fraction of sp³-hybridized carbons (Fsp3) is 0.261. The Morgan fingerprint density at radius 3 is 2.81 bits per heavy atom. The minimum absolute atomic E-state index is 0. The van der Waals surface area contributed by atoms with Crippen molar-refractivity contribution < 1.29 is 60.6 Å². The van der Waals surface area contributed by atoms with Crippen molar-refractivity contribution in [1.29, 1.82) is 0 Å². The molecule has 0 saturated heterocycles. The van der Waals surface area contributed by atoms with Gasteiger partial charge in [0.05, 0.1) is 5.56 Å². The SMILES string of the molecule is CC(N[C-]=CN=c1cnn(C)[cH-]1)c1cc(NC(=O)c2ccc(C3CC3)nc2)ccc1F.[K+]. The zero-order valence-electron chi connectivity index (χ0n) is 18.3. The van der Waals surface area contributed by atoms with Crippen LogP contribution in [0.4, 0.5) is 10.1 Å². The van der Waals surface area contributed by atoms with Crippen molar-refractivity contribution in [3.63, 3.8) is 0 Å². The Balaban J connectivity index is 0.00000289. The topological polar surface area (TPSA) is 84.2 Å². The van der Waals surface area contributed by atoms with Gasteiger partial charge in [-0.2, -0.15) is 0 Å². The molecule has 0 aliphatic heterocycles. The average Bonchev–Trinajstić information content (AvgIpc) is 3.54. The molecule has 0 spiro atoms. The molecule has 7 nitrogen and oxygen atoms in total. The summed E-state index contributed by atoms with van der Waals surface area (Å²) in [5.41, 5.74) is 2.41. The molecule has 1 unspecified atom stereocenters. The third-order valence-electron chi connectivity index (χ3n) is 5.03. The second-order valence-corrected chi connectivity index (χ2v) is 7.58. The Hall–Kier alpha value is -2.04. The number of hydrogen-bond acceptors (Lipinski definition) is 5. The Kier molecular flexibility index (Phi) is 8.61. The van der Waals surface area contributed by atoms with Crippen LogP contribution in [0.3, 0.4) is 0 Å². The molecule has 9 heteroatoms. The molecule has 1 aromatic carbocycles. The number of nitrogens with one attached hydrogen (secondary N) is 2. The predicted octanol–water partition coefficient (Wildman–Crippen LogP) is 0.333. The van der Waals surface area contributed by atoms with E-state index in [1.165, 1.54) is 18.3 Å². The molecular formula is C23H23FKN6O-. The molecule has 160 valence electrons. The first-order valence-electron chi connectivity index (χ1n) is 10.1. The van der Waals surface area contributed by atoms with E-state index in [9.17, 15) is 9.18 Å². The van der Waals surface area contributed by atoms with Gasteiger partial charge >= 0.3 is 51.4 Å². The summed E-state index contributed by atoms with van der Waals surface area (Å²) in [6.07, 6.45) is 11.6. The van der Waals surface area contributed by atoms with E-state index in [1.54, 1.807) is 49.4 Å². The molecule has 1 amide bonds. The second kappa shape index (κ2) is 11.2. The summed E-state index contributed by atoms with van der Waals surface area (Å²) in [4.78, 5) is 21.1. The Morgan fingerprint density at radius 2 is 2.16 bits per heavy atom. The summed E-state index contributed by atoms with van der Waals surface area (Å²) in [5.74, 6) is -0.122. The molecule has 1 aliphatic carbocycles. The van der Waals surface area contributed by atoms with Gasteiger partial charge in [0.2, 0.25) is 0 Å². The number of benzene rings is 1. The van der Waals surface area contributed by atoms with Crippen LogP contribution in [0.1, 0.15) is 53.3 Å². The molecule has 0 bridgehead atoms. The number of aryl methyl sites for hydroxylation is 1. The van der Waals surface area contributed by atoms with E-state index in [-0.39, 0.29) is 69.2 Å². The van der Waals surface area contributed by atoms with Gasteiger partial charge in [-0.25, -0.2) is 4.39 Å². The maximum atomic E-state index is 14.3. The van der Waals surface area contributed by atoms with Gasteiger partial charge in [-0.1, -0.05) is 17.8 Å². The van der Waals surface area contributed by atoms with Crippen LogP contribution in [-0.2, 0) is 7.05 Å². The molecule has 1 atom stereocenters. The van der Waals surface area contributed by atoms with Crippen LogP contribution in [0.25, 0.3) is 0 Å². The molecule has 3 aromatic rings. The minimum atomic E-state index is -0.378. The molecule has 32 heavy (non-hydrogen) atoms. The summed E-state index contributed by atoms with van der Waals surface area (Å²) < 4.78 is 16.0. The van der Waals surface area contributed by atoms with E-state index in [2.05, 4.69) is 31.9 Å². The van der Waals surface area contributed by atoms with Crippen LogP contribution in [0, 0.1) is 12.0 Å². The van der Waals surface area contributed by atoms with Gasteiger partial charge in [-0.3, -0.25) is 14.9 Å². The van der Waals surface area contributed by atoms with Crippen LogP contribution < -0.4 is 67.4 Å². The maximum absolute atomic E-state index is 14.3. The standard InChI is InChI=1S/C23H23FN6O.K/c1-15(25-9-10-26-19-13-28-30(2)14-19)20-11-18(6-7-21(20)24)29-23(31)17-5-8-22(27-12-17)16-3-4-16;/h5-8,10-16,25H,3-4H2,1-2H3,(H,29,31);/q-2;+1. The average molecular weight is 458 g/mol. The van der Waals surface area contributed by atoms with E-state index in [4.69, 9.17) is 0 Å². The van der Waals surface area contributed by atoms with E-state index in [0.29, 0.717) is 28.1 Å². The van der Waals surface area contributed by atoms with Crippen molar-refractivity contribution >= 4 is 11.6 Å². The first-order chi connectivity index (χ1) is 15.0. The predicted molar refractivity (Wildman–Crippen MR) is 114 cm³/mol. The molecule has 2 N–H and O–H groups in total. The van der Waals surface area contributed by atoms with Crippen molar-refractivity contribution in [1.82, 2.24) is 20.1 Å². The maximum Gasteiger partial charge on any atom is 1.00 e. The van der Waals surface area contributed by atoms with Gasteiger partial charge in [0.25, 0.3) is 5.91 Å². The largest absolute Gasteiger partial charge is 1.00 e. The number of pyridine rings is 1. The van der Waals surface area contributed by atoms with Crippen molar-refractivity contribution in [2.45, 2.75) is 31.7 Å². The van der Waals surface area contributed by atoms with Gasteiger partial charge < -0.3 is 26.5 Å². The Labute approximate surface area is 228 Å². The molecule has 1 fully saturated rings. The molecule has 4 rings (SSSR count). The zero-order valence-corrected chi connectivity index (χ0v) is 21.5. The number of carbonyl (C=O) groups is 1. The normalized spacial score (nSPS) is 14.8. The number of aromatic nitrogens is 3. The Morgan fingerprint density at radius 1 is 1.34 bits per heavy atom. The smallest absolute Gasteiger partial charge is 0.560 e. The number of halogens is 1. The van der Waals surface area contributed by atoms with Crippen molar-refractivity contribution in [2.24, 2.45) is 12.0 Å². The third-order valence-corrected chi connectivity index (χ3v) is 5.03. The van der Waals surface area contributed by atoms with Crippen molar-refractivity contribution in [3.05, 3.63) is 89.3 Å². The summed E-state index contributed by atoms with van der Waals surface area (Å²) in [5, 5.41) is 10.5. The van der Waals surface area contributed by atoms with Gasteiger partial charge in [-0.15, -0.1) is 6.20 Å². The molecule has 1 saturated carbocycles. The minimum Gasteiger partial charge on any atom is -0.560 e. The van der Waals surface area contributed by atoms with Crippen molar-refractivity contribution in [2.75, 3.05) is 5.32 Å². The summed E-state index contributed by atoms with van der Waals surface area (Å²) in [6, 6.07) is 7.77. The molecule has 0 radical (unpaired) electrons. The summed E-state index contributed by atoms with van der Waals surface area (Å²) in [6.45, 7) is 1.80. The van der Waals surface area contributed by atoms with Crippen LogP contribution in [0.15, 0.2) is 60.1 Å². The van der Waals surface area contributed by atoms with E-state index in [0.717, 1.165) is 18.5 Å². The second-order valence-electron chi connectivity index (χ2n) is 7.58. The van der Waals surface area contributed by atoms with E-state index >= 15 is 0 Å². The van der Waals surface area contributed by atoms with Crippen LogP contribution in [0.5, 0.6) is 0 Å². The van der Waals surface area contributed by atoms with Gasteiger partial charge in [0.15, 0.2) is 0 Å². The molecular weight excluding hydrogens is 434 g/mol. The summed E-state index contributed by atoms with van der Waals surface area (Å²) >= 11 is 0. The Bertz CT molecular complexity index is 1160. The van der Waals surface area contributed by atoms with Crippen molar-refractivity contribution in [3.8, 4) is 0 Å². The molecule has 1 aliphatic rings. The van der Waals surface area contributed by atoms with Gasteiger partial charge in [0.1, 0.15) is 5.82 Å². The van der Waals surface area contributed by atoms with Crippen LogP contribution in [-0.4, -0.2) is 20.7 Å². The first-order valence-corrected chi connectivity index (χ1v) is 10.1. The number of rotatable bonds is 7. The molecule has 2 aromatic heterocycles.